The van der Waals surface area contributed by atoms with Crippen LogP contribution in [0.15, 0.2) is 24.4 Å². The quantitative estimate of drug-likeness (QED) is 0.819. The summed E-state index contributed by atoms with van der Waals surface area (Å²) in [6.07, 6.45) is 3.30. The third-order valence-corrected chi connectivity index (χ3v) is 2.36. The van der Waals surface area contributed by atoms with Gasteiger partial charge in [-0.2, -0.15) is 0 Å². The Labute approximate surface area is 94.3 Å². The molecule has 2 N–H and O–H groups in total. The Bertz CT molecular complexity index is 449. The highest BCUT2D eigenvalue weighted by atomic mass is 15.3. The van der Waals surface area contributed by atoms with Gasteiger partial charge in [0, 0.05) is 19.0 Å². The molecule has 5 nitrogen and oxygen atoms in total. The van der Waals surface area contributed by atoms with E-state index in [4.69, 9.17) is 5.73 Å². The number of pyridine rings is 1. The van der Waals surface area contributed by atoms with Crippen LogP contribution in [0.1, 0.15) is 18.6 Å². The van der Waals surface area contributed by atoms with E-state index in [9.17, 15) is 0 Å². The summed E-state index contributed by atoms with van der Waals surface area (Å²) < 4.78 is 1.98. The van der Waals surface area contributed by atoms with Gasteiger partial charge in [0.2, 0.25) is 0 Å². The minimum atomic E-state index is 0.564. The number of nitrogens with two attached hydrogens (primary N) is 1. The van der Waals surface area contributed by atoms with E-state index in [0.29, 0.717) is 13.0 Å². The van der Waals surface area contributed by atoms with E-state index in [-0.39, 0.29) is 0 Å². The molecule has 0 bridgehead atoms. The van der Waals surface area contributed by atoms with Crippen LogP contribution in [0.25, 0.3) is 5.82 Å². The standard InChI is InChI=1S/C11H15N5/c1-2-9-14-15-11(6-7-12)16(9)10-5-3-4-8-13-10/h3-5,8H,2,6-7,12H2,1H3. The van der Waals surface area contributed by atoms with Crippen molar-refractivity contribution >= 4 is 0 Å². The van der Waals surface area contributed by atoms with Gasteiger partial charge in [-0.05, 0) is 18.7 Å². The zero-order chi connectivity index (χ0) is 11.4. The van der Waals surface area contributed by atoms with E-state index in [1.165, 1.54) is 0 Å². The van der Waals surface area contributed by atoms with Crippen LogP contribution in [-0.2, 0) is 12.8 Å². The van der Waals surface area contributed by atoms with Crippen LogP contribution in [0, 0.1) is 0 Å². The van der Waals surface area contributed by atoms with Crippen molar-refractivity contribution in [2.45, 2.75) is 19.8 Å². The number of rotatable bonds is 4. The minimum Gasteiger partial charge on any atom is -0.330 e. The van der Waals surface area contributed by atoms with Gasteiger partial charge in [-0.25, -0.2) is 4.98 Å². The van der Waals surface area contributed by atoms with E-state index in [2.05, 4.69) is 22.1 Å². The molecule has 16 heavy (non-hydrogen) atoms. The highest BCUT2D eigenvalue weighted by molar-refractivity contribution is 5.25. The Balaban J connectivity index is 2.48. The lowest BCUT2D eigenvalue weighted by molar-refractivity contribution is 0.795. The molecular formula is C11H15N5. The summed E-state index contributed by atoms with van der Waals surface area (Å²) in [4.78, 5) is 4.31. The second kappa shape index (κ2) is 4.85. The summed E-state index contributed by atoms with van der Waals surface area (Å²) in [6.45, 7) is 2.62. The van der Waals surface area contributed by atoms with Crippen molar-refractivity contribution in [1.82, 2.24) is 19.7 Å². The molecular weight excluding hydrogens is 202 g/mol. The Morgan fingerprint density at radius 1 is 1.25 bits per heavy atom. The van der Waals surface area contributed by atoms with E-state index in [1.807, 2.05) is 22.8 Å². The van der Waals surface area contributed by atoms with Gasteiger partial charge in [0.1, 0.15) is 17.5 Å². The van der Waals surface area contributed by atoms with Gasteiger partial charge < -0.3 is 5.73 Å². The Kier molecular flexibility index (Phi) is 3.26. The molecule has 0 saturated carbocycles. The van der Waals surface area contributed by atoms with Crippen molar-refractivity contribution in [2.24, 2.45) is 5.73 Å². The summed E-state index contributed by atoms with van der Waals surface area (Å²) >= 11 is 0. The van der Waals surface area contributed by atoms with E-state index >= 15 is 0 Å². The third-order valence-electron chi connectivity index (χ3n) is 2.36. The molecule has 2 rings (SSSR count). The Hall–Kier alpha value is -1.75. The van der Waals surface area contributed by atoms with Crippen LogP contribution in [0.3, 0.4) is 0 Å². The van der Waals surface area contributed by atoms with Crippen LogP contribution in [0.5, 0.6) is 0 Å². The first-order chi connectivity index (χ1) is 7.86. The molecule has 84 valence electrons. The van der Waals surface area contributed by atoms with Crippen molar-refractivity contribution in [3.63, 3.8) is 0 Å². The first-order valence-electron chi connectivity index (χ1n) is 5.41. The van der Waals surface area contributed by atoms with Crippen LogP contribution < -0.4 is 5.73 Å². The molecule has 0 aliphatic heterocycles. The number of hydrogen-bond donors (Lipinski definition) is 1. The van der Waals surface area contributed by atoms with Gasteiger partial charge >= 0.3 is 0 Å². The van der Waals surface area contributed by atoms with Crippen molar-refractivity contribution in [3.8, 4) is 5.82 Å². The fourth-order valence-corrected chi connectivity index (χ4v) is 1.62. The largest absolute Gasteiger partial charge is 0.330 e. The predicted octanol–water partition coefficient (Wildman–Crippen LogP) is 0.726. The average Bonchev–Trinajstić information content (AvgIpc) is 2.74. The van der Waals surface area contributed by atoms with E-state index in [0.717, 1.165) is 23.9 Å². The molecule has 0 amide bonds. The minimum absolute atomic E-state index is 0.564. The zero-order valence-electron chi connectivity index (χ0n) is 9.30. The maximum Gasteiger partial charge on any atom is 0.140 e. The lowest BCUT2D eigenvalue weighted by Crippen LogP contribution is -2.11. The second-order valence-electron chi connectivity index (χ2n) is 3.45. The molecule has 2 aromatic rings. The van der Waals surface area contributed by atoms with Gasteiger partial charge in [0.25, 0.3) is 0 Å². The topological polar surface area (TPSA) is 69.6 Å². The number of aryl methyl sites for hydroxylation is 1. The summed E-state index contributed by atoms with van der Waals surface area (Å²) in [5, 5.41) is 8.29. The molecule has 0 saturated heterocycles. The normalized spacial score (nSPS) is 10.6. The van der Waals surface area contributed by atoms with Gasteiger partial charge in [0.05, 0.1) is 0 Å². The van der Waals surface area contributed by atoms with E-state index < -0.39 is 0 Å². The lowest BCUT2D eigenvalue weighted by Gasteiger charge is -2.07. The van der Waals surface area contributed by atoms with Crippen LogP contribution in [0.2, 0.25) is 0 Å². The first-order valence-corrected chi connectivity index (χ1v) is 5.41. The molecule has 5 heteroatoms. The maximum atomic E-state index is 5.56. The molecule has 0 fully saturated rings. The Morgan fingerprint density at radius 2 is 2.06 bits per heavy atom. The zero-order valence-corrected chi connectivity index (χ0v) is 9.30. The average molecular weight is 217 g/mol. The highest BCUT2D eigenvalue weighted by Gasteiger charge is 2.11. The van der Waals surface area contributed by atoms with Gasteiger partial charge in [-0.1, -0.05) is 13.0 Å². The summed E-state index contributed by atoms with van der Waals surface area (Å²) in [7, 11) is 0. The molecule has 0 atom stereocenters. The molecule has 2 heterocycles. The number of hydrogen-bond acceptors (Lipinski definition) is 4. The lowest BCUT2D eigenvalue weighted by atomic mass is 10.3. The van der Waals surface area contributed by atoms with Crippen molar-refractivity contribution in [2.75, 3.05) is 6.54 Å². The van der Waals surface area contributed by atoms with Gasteiger partial charge in [0.15, 0.2) is 0 Å². The van der Waals surface area contributed by atoms with Crippen molar-refractivity contribution in [1.29, 1.82) is 0 Å². The SMILES string of the molecule is CCc1nnc(CCN)n1-c1ccccn1. The number of aromatic nitrogens is 4. The van der Waals surface area contributed by atoms with Crippen LogP contribution in [-0.4, -0.2) is 26.3 Å². The molecule has 0 radical (unpaired) electrons. The molecule has 0 aliphatic carbocycles. The molecule has 0 spiro atoms. The smallest absolute Gasteiger partial charge is 0.140 e. The second-order valence-corrected chi connectivity index (χ2v) is 3.45. The maximum absolute atomic E-state index is 5.56. The Morgan fingerprint density at radius 3 is 2.69 bits per heavy atom. The fraction of sp³-hybridized carbons (Fsp3) is 0.364. The highest BCUT2D eigenvalue weighted by Crippen LogP contribution is 2.11. The first kappa shape index (κ1) is 10.8. The monoisotopic (exact) mass is 217 g/mol. The van der Waals surface area contributed by atoms with Crippen LogP contribution >= 0.6 is 0 Å². The van der Waals surface area contributed by atoms with Gasteiger partial charge in [-0.15, -0.1) is 10.2 Å². The van der Waals surface area contributed by atoms with E-state index in [1.54, 1.807) is 6.20 Å². The summed E-state index contributed by atoms with van der Waals surface area (Å²) in [6, 6.07) is 5.79. The molecule has 0 unspecified atom stereocenters. The predicted molar refractivity (Wildman–Crippen MR) is 61.3 cm³/mol. The summed E-state index contributed by atoms with van der Waals surface area (Å²) in [5.41, 5.74) is 5.56. The van der Waals surface area contributed by atoms with Crippen molar-refractivity contribution in [3.05, 3.63) is 36.0 Å². The summed E-state index contributed by atoms with van der Waals surface area (Å²) in [5.74, 6) is 2.65. The fourth-order valence-electron chi connectivity index (χ4n) is 1.62. The third kappa shape index (κ3) is 1.94. The molecule has 2 aromatic heterocycles. The van der Waals surface area contributed by atoms with Crippen molar-refractivity contribution < 1.29 is 0 Å². The molecule has 0 aliphatic rings. The molecule has 0 aromatic carbocycles. The van der Waals surface area contributed by atoms with Crippen LogP contribution in [0.4, 0.5) is 0 Å². The number of nitrogens with zero attached hydrogens (tertiary/aromatic N) is 4. The van der Waals surface area contributed by atoms with Gasteiger partial charge in [-0.3, -0.25) is 4.57 Å².